The fourth-order valence-electron chi connectivity index (χ4n) is 2.00. The first-order valence-electron chi connectivity index (χ1n) is 6.92. The largest absolute Gasteiger partial charge is 0.469 e. The number of benzene rings is 1. The number of methoxy groups -OCH3 is 1. The van der Waals surface area contributed by atoms with E-state index in [2.05, 4.69) is 21.2 Å². The van der Waals surface area contributed by atoms with E-state index in [0.29, 0.717) is 35.1 Å². The van der Waals surface area contributed by atoms with Crippen LogP contribution >= 0.6 is 34.8 Å². The summed E-state index contributed by atoms with van der Waals surface area (Å²) in [5.41, 5.74) is 0.832. The predicted octanol–water partition coefficient (Wildman–Crippen LogP) is 4.07. The Bertz CT molecular complexity index is 799. The van der Waals surface area contributed by atoms with Gasteiger partial charge in [0.25, 0.3) is 0 Å². The molecule has 0 atom stereocenters. The number of halogens is 3. The van der Waals surface area contributed by atoms with E-state index < -0.39 is 0 Å². The maximum Gasteiger partial charge on any atom is 0.305 e. The van der Waals surface area contributed by atoms with Gasteiger partial charge in [0.2, 0.25) is 0 Å². The summed E-state index contributed by atoms with van der Waals surface area (Å²) >= 11 is 18.2. The second-order valence-electron chi connectivity index (χ2n) is 4.73. The van der Waals surface area contributed by atoms with Crippen LogP contribution in [0.3, 0.4) is 0 Å². The molecule has 2 rings (SSSR count). The van der Waals surface area contributed by atoms with Gasteiger partial charge in [0, 0.05) is 13.0 Å². The summed E-state index contributed by atoms with van der Waals surface area (Å²) in [5, 5.41) is 17.3. The maximum atomic E-state index is 11.1. The number of anilines is 1. The third kappa shape index (κ3) is 3.93. The molecule has 0 spiro atoms. The number of rotatable bonds is 6. The highest BCUT2D eigenvalue weighted by molar-refractivity contribution is 6.48. The molecular weight excluding hydrogens is 375 g/mol. The number of ether oxygens (including phenoxy) is 1. The second-order valence-corrected chi connectivity index (χ2v) is 5.89. The summed E-state index contributed by atoms with van der Waals surface area (Å²) in [6.07, 6.45) is 2.23. The number of carbonyl (C=O) groups is 1. The van der Waals surface area contributed by atoms with Crippen molar-refractivity contribution in [3.8, 4) is 11.8 Å². The van der Waals surface area contributed by atoms with Crippen LogP contribution in [0.15, 0.2) is 18.3 Å². The zero-order valence-electron chi connectivity index (χ0n) is 12.6. The van der Waals surface area contributed by atoms with E-state index in [-0.39, 0.29) is 22.4 Å². The Kier molecular flexibility index (Phi) is 6.32. The third-order valence-electron chi connectivity index (χ3n) is 3.21. The van der Waals surface area contributed by atoms with Crippen molar-refractivity contribution in [2.45, 2.75) is 12.8 Å². The van der Waals surface area contributed by atoms with Crippen LogP contribution in [-0.2, 0) is 9.53 Å². The minimum Gasteiger partial charge on any atom is -0.469 e. The highest BCUT2D eigenvalue weighted by atomic mass is 35.5. The molecule has 0 saturated heterocycles. The SMILES string of the molecule is COC(=O)CCCNc1c(C#N)cnn1-c1ccc(Cl)c(Cl)c1Cl. The van der Waals surface area contributed by atoms with Gasteiger partial charge in [0.15, 0.2) is 0 Å². The summed E-state index contributed by atoms with van der Waals surface area (Å²) in [7, 11) is 1.34. The summed E-state index contributed by atoms with van der Waals surface area (Å²) in [4.78, 5) is 11.1. The molecule has 126 valence electrons. The molecule has 0 unspecified atom stereocenters. The Balaban J connectivity index is 2.26. The van der Waals surface area contributed by atoms with Gasteiger partial charge in [0.05, 0.1) is 34.1 Å². The Morgan fingerprint density at radius 1 is 1.38 bits per heavy atom. The van der Waals surface area contributed by atoms with E-state index in [0.717, 1.165) is 0 Å². The molecule has 1 N–H and O–H groups in total. The standard InChI is InChI=1S/C15H13Cl3N4O2/c1-24-12(23)3-2-6-20-15-9(7-19)8-21-22(15)11-5-4-10(16)13(17)14(11)18/h4-5,8,20H,2-3,6H2,1H3. The molecule has 0 aliphatic rings. The summed E-state index contributed by atoms with van der Waals surface area (Å²) in [6, 6.07) is 5.31. The molecule has 1 heterocycles. The van der Waals surface area contributed by atoms with Gasteiger partial charge in [-0.2, -0.15) is 10.4 Å². The lowest BCUT2D eigenvalue weighted by molar-refractivity contribution is -0.140. The van der Waals surface area contributed by atoms with Crippen LogP contribution < -0.4 is 5.32 Å². The molecule has 0 aliphatic carbocycles. The van der Waals surface area contributed by atoms with Crippen LogP contribution in [-0.4, -0.2) is 29.4 Å². The number of nitriles is 1. The van der Waals surface area contributed by atoms with Crippen LogP contribution in [0.1, 0.15) is 18.4 Å². The number of hydrogen-bond donors (Lipinski definition) is 1. The van der Waals surface area contributed by atoms with Crippen LogP contribution in [0.4, 0.5) is 5.82 Å². The fourth-order valence-corrected chi connectivity index (χ4v) is 2.61. The van der Waals surface area contributed by atoms with Gasteiger partial charge in [-0.1, -0.05) is 34.8 Å². The van der Waals surface area contributed by atoms with Crippen molar-refractivity contribution in [1.29, 1.82) is 5.26 Å². The van der Waals surface area contributed by atoms with E-state index >= 15 is 0 Å². The molecule has 1 aromatic heterocycles. The highest BCUT2D eigenvalue weighted by Gasteiger charge is 2.17. The first kappa shape index (κ1) is 18.4. The summed E-state index contributed by atoms with van der Waals surface area (Å²) < 4.78 is 6.06. The molecule has 0 radical (unpaired) electrons. The molecule has 9 heteroatoms. The Hall–Kier alpha value is -1.94. The quantitative estimate of drug-likeness (QED) is 0.459. The summed E-state index contributed by atoms with van der Waals surface area (Å²) in [5.74, 6) is 0.168. The van der Waals surface area contributed by atoms with Gasteiger partial charge in [-0.3, -0.25) is 4.79 Å². The lowest BCUT2D eigenvalue weighted by Gasteiger charge is -2.12. The molecule has 0 amide bonds. The van der Waals surface area contributed by atoms with E-state index in [9.17, 15) is 10.1 Å². The normalized spacial score (nSPS) is 10.3. The van der Waals surface area contributed by atoms with Crippen molar-refractivity contribution in [2.75, 3.05) is 19.0 Å². The average Bonchev–Trinajstić information content (AvgIpc) is 2.99. The number of nitrogens with zero attached hydrogens (tertiary/aromatic N) is 3. The van der Waals surface area contributed by atoms with Crippen molar-refractivity contribution >= 4 is 46.6 Å². The molecule has 24 heavy (non-hydrogen) atoms. The van der Waals surface area contributed by atoms with Crippen molar-refractivity contribution < 1.29 is 9.53 Å². The zero-order chi connectivity index (χ0) is 17.7. The predicted molar refractivity (Wildman–Crippen MR) is 93.0 cm³/mol. The molecule has 0 fully saturated rings. The van der Waals surface area contributed by atoms with Gasteiger partial charge in [-0.15, -0.1) is 0 Å². The number of esters is 1. The van der Waals surface area contributed by atoms with E-state index in [1.165, 1.54) is 18.0 Å². The van der Waals surface area contributed by atoms with Crippen LogP contribution in [0.5, 0.6) is 0 Å². The molecule has 0 saturated carbocycles. The molecule has 0 aliphatic heterocycles. The smallest absolute Gasteiger partial charge is 0.305 e. The van der Waals surface area contributed by atoms with Crippen LogP contribution in [0, 0.1) is 11.3 Å². The highest BCUT2D eigenvalue weighted by Crippen LogP contribution is 2.35. The molecule has 1 aromatic carbocycles. The number of aromatic nitrogens is 2. The number of nitrogens with one attached hydrogen (secondary N) is 1. The zero-order valence-corrected chi connectivity index (χ0v) is 14.9. The van der Waals surface area contributed by atoms with Gasteiger partial charge < -0.3 is 10.1 Å². The molecule has 2 aromatic rings. The summed E-state index contributed by atoms with van der Waals surface area (Å²) in [6.45, 7) is 0.453. The van der Waals surface area contributed by atoms with Crippen LogP contribution in [0.2, 0.25) is 15.1 Å². The van der Waals surface area contributed by atoms with Crippen molar-refractivity contribution in [1.82, 2.24) is 9.78 Å². The Morgan fingerprint density at radius 2 is 2.12 bits per heavy atom. The maximum absolute atomic E-state index is 11.1. The first-order chi connectivity index (χ1) is 11.5. The number of hydrogen-bond acceptors (Lipinski definition) is 5. The van der Waals surface area contributed by atoms with E-state index in [4.69, 9.17) is 34.8 Å². The van der Waals surface area contributed by atoms with Gasteiger partial charge in [0.1, 0.15) is 17.5 Å². The third-order valence-corrected chi connectivity index (χ3v) is 4.49. The fraction of sp³-hybridized carbons (Fsp3) is 0.267. The van der Waals surface area contributed by atoms with Gasteiger partial charge >= 0.3 is 5.97 Å². The van der Waals surface area contributed by atoms with Gasteiger partial charge in [-0.05, 0) is 18.6 Å². The Labute approximate surface area is 153 Å². The van der Waals surface area contributed by atoms with Crippen molar-refractivity contribution in [3.05, 3.63) is 39.0 Å². The van der Waals surface area contributed by atoms with E-state index in [1.807, 2.05) is 0 Å². The minimum absolute atomic E-state index is 0.210. The van der Waals surface area contributed by atoms with Gasteiger partial charge in [-0.25, -0.2) is 4.68 Å². The van der Waals surface area contributed by atoms with Crippen molar-refractivity contribution in [2.24, 2.45) is 0 Å². The lowest BCUT2D eigenvalue weighted by Crippen LogP contribution is -2.11. The number of carbonyl (C=O) groups excluding carboxylic acids is 1. The van der Waals surface area contributed by atoms with E-state index in [1.54, 1.807) is 12.1 Å². The molecular formula is C15H13Cl3N4O2. The van der Waals surface area contributed by atoms with Crippen LogP contribution in [0.25, 0.3) is 5.69 Å². The topological polar surface area (TPSA) is 79.9 Å². The monoisotopic (exact) mass is 386 g/mol. The Morgan fingerprint density at radius 3 is 2.79 bits per heavy atom. The van der Waals surface area contributed by atoms with Crippen molar-refractivity contribution in [3.63, 3.8) is 0 Å². The minimum atomic E-state index is -0.293. The first-order valence-corrected chi connectivity index (χ1v) is 8.05. The lowest BCUT2D eigenvalue weighted by atomic mass is 10.3. The second kappa shape index (κ2) is 8.25. The average molecular weight is 388 g/mol. The molecule has 0 bridgehead atoms. The molecule has 6 nitrogen and oxygen atoms in total.